The number of nitrogens with zero attached hydrogens (tertiary/aromatic N) is 1. The Morgan fingerprint density at radius 1 is 1.12 bits per heavy atom. The number of aryl methyl sites for hydroxylation is 1. The lowest BCUT2D eigenvalue weighted by Crippen LogP contribution is -2.19. The van der Waals surface area contributed by atoms with Gasteiger partial charge < -0.3 is 4.90 Å². The van der Waals surface area contributed by atoms with Crippen LogP contribution in [-0.2, 0) is 0 Å². The molecule has 0 atom stereocenters. The number of likely N-dealkylation sites (N-methyl/N-ethyl adjacent to an activating group) is 1. The van der Waals surface area contributed by atoms with Crippen LogP contribution in [0.25, 0.3) is 5.70 Å². The van der Waals surface area contributed by atoms with E-state index in [-0.39, 0.29) is 0 Å². The van der Waals surface area contributed by atoms with Crippen LogP contribution in [0.15, 0.2) is 42.5 Å². The van der Waals surface area contributed by atoms with E-state index in [0.29, 0.717) is 0 Å². The average Bonchev–Trinajstić information content (AvgIpc) is 2.34. The summed E-state index contributed by atoms with van der Waals surface area (Å²) in [6.07, 6.45) is 6.47. The Balaban J connectivity index is 0.000000606. The van der Waals surface area contributed by atoms with Crippen LogP contribution < -0.4 is 0 Å². The average molecular weight is 215 g/mol. The molecule has 1 heteroatoms. The third-order valence-electron chi connectivity index (χ3n) is 2.60. The Bertz CT molecular complexity index is 388. The monoisotopic (exact) mass is 215 g/mol. The van der Waals surface area contributed by atoms with E-state index in [4.69, 9.17) is 0 Å². The van der Waals surface area contributed by atoms with Crippen LogP contribution in [0.5, 0.6) is 0 Å². The molecule has 2 rings (SSSR count). The van der Waals surface area contributed by atoms with Crippen LogP contribution in [0, 0.1) is 6.92 Å². The molecule has 0 spiro atoms. The van der Waals surface area contributed by atoms with Gasteiger partial charge in [0.2, 0.25) is 0 Å². The highest BCUT2D eigenvalue weighted by Crippen LogP contribution is 2.23. The van der Waals surface area contributed by atoms with Gasteiger partial charge in [0.05, 0.1) is 0 Å². The van der Waals surface area contributed by atoms with Crippen molar-refractivity contribution in [2.24, 2.45) is 0 Å². The summed E-state index contributed by atoms with van der Waals surface area (Å²) in [5.74, 6) is 0. The molecule has 0 unspecified atom stereocenters. The summed E-state index contributed by atoms with van der Waals surface area (Å²) in [5, 5.41) is 0. The van der Waals surface area contributed by atoms with E-state index in [0.717, 1.165) is 6.54 Å². The van der Waals surface area contributed by atoms with Crippen LogP contribution >= 0.6 is 0 Å². The van der Waals surface area contributed by atoms with Crippen molar-refractivity contribution in [1.29, 1.82) is 0 Å². The minimum absolute atomic E-state index is 1.00. The fraction of sp³-hybridized carbons (Fsp3) is 0.333. The summed E-state index contributed by atoms with van der Waals surface area (Å²) in [6, 6.07) is 8.51. The quantitative estimate of drug-likeness (QED) is 0.687. The molecule has 0 aromatic heterocycles. The van der Waals surface area contributed by atoms with Crippen molar-refractivity contribution < 1.29 is 0 Å². The molecule has 0 saturated heterocycles. The summed E-state index contributed by atoms with van der Waals surface area (Å²) >= 11 is 0. The summed E-state index contributed by atoms with van der Waals surface area (Å²) in [7, 11) is 2.13. The zero-order valence-corrected chi connectivity index (χ0v) is 10.7. The van der Waals surface area contributed by atoms with E-state index in [1.54, 1.807) is 0 Å². The first-order chi connectivity index (χ1) is 7.79. The van der Waals surface area contributed by atoms with E-state index in [1.165, 1.54) is 16.8 Å². The van der Waals surface area contributed by atoms with Crippen molar-refractivity contribution in [2.75, 3.05) is 13.6 Å². The molecule has 1 aromatic carbocycles. The van der Waals surface area contributed by atoms with Crippen molar-refractivity contribution in [3.8, 4) is 0 Å². The van der Waals surface area contributed by atoms with Gasteiger partial charge in [0.1, 0.15) is 0 Å². The Morgan fingerprint density at radius 2 is 1.81 bits per heavy atom. The molecule has 1 aliphatic heterocycles. The minimum Gasteiger partial charge on any atom is -0.370 e. The first kappa shape index (κ1) is 12.6. The molecule has 1 nitrogen and oxygen atoms in total. The number of allylic oxidation sites excluding steroid dienone is 2. The Hall–Kier alpha value is -1.50. The molecule has 0 amide bonds. The molecular weight excluding hydrogens is 194 g/mol. The molecule has 1 aromatic rings. The van der Waals surface area contributed by atoms with E-state index in [9.17, 15) is 0 Å². The van der Waals surface area contributed by atoms with E-state index in [2.05, 4.69) is 61.4 Å². The van der Waals surface area contributed by atoms with Crippen molar-refractivity contribution in [3.05, 3.63) is 53.6 Å². The van der Waals surface area contributed by atoms with Crippen molar-refractivity contribution >= 4 is 5.70 Å². The van der Waals surface area contributed by atoms with Gasteiger partial charge in [-0.3, -0.25) is 0 Å². The maximum atomic E-state index is 2.27. The zero-order chi connectivity index (χ0) is 12.0. The van der Waals surface area contributed by atoms with Crippen LogP contribution in [0.3, 0.4) is 0 Å². The zero-order valence-electron chi connectivity index (χ0n) is 10.7. The number of hydrogen-bond acceptors (Lipinski definition) is 1. The second-order valence-electron chi connectivity index (χ2n) is 3.68. The molecule has 1 heterocycles. The molecule has 16 heavy (non-hydrogen) atoms. The smallest absolute Gasteiger partial charge is 0.0442 e. The first-order valence-electron chi connectivity index (χ1n) is 5.93. The van der Waals surface area contributed by atoms with Crippen molar-refractivity contribution in [1.82, 2.24) is 4.90 Å². The largest absolute Gasteiger partial charge is 0.370 e. The standard InChI is InChI=1S/C13H15N.C2H6/c1-11-7-3-4-8-12(11)13-9-5-6-10-14(13)2;1-2/h3-9H,10H2,1-2H3;1-2H3. The lowest BCUT2D eigenvalue weighted by molar-refractivity contribution is 0.531. The van der Waals surface area contributed by atoms with E-state index in [1.807, 2.05) is 13.8 Å². The predicted octanol–water partition coefficient (Wildman–Crippen LogP) is 3.86. The van der Waals surface area contributed by atoms with Crippen molar-refractivity contribution in [2.45, 2.75) is 20.8 Å². The second kappa shape index (κ2) is 6.16. The summed E-state index contributed by atoms with van der Waals surface area (Å²) in [5.41, 5.74) is 3.98. The fourth-order valence-corrected chi connectivity index (χ4v) is 1.76. The van der Waals surface area contributed by atoms with Crippen LogP contribution in [0.2, 0.25) is 0 Å². The first-order valence-corrected chi connectivity index (χ1v) is 5.93. The third-order valence-corrected chi connectivity index (χ3v) is 2.60. The Morgan fingerprint density at radius 3 is 2.44 bits per heavy atom. The third kappa shape index (κ3) is 2.75. The van der Waals surface area contributed by atoms with Gasteiger partial charge in [-0.1, -0.05) is 50.3 Å². The molecule has 0 N–H and O–H groups in total. The SMILES string of the molecule is CC.Cc1ccccc1C1=CC=CCN1C. The molecular formula is C15H21N. The Labute approximate surface area is 99.1 Å². The molecule has 1 aliphatic rings. The summed E-state index contributed by atoms with van der Waals surface area (Å²) < 4.78 is 0. The van der Waals surface area contributed by atoms with Crippen molar-refractivity contribution in [3.63, 3.8) is 0 Å². The van der Waals surface area contributed by atoms with Crippen LogP contribution in [-0.4, -0.2) is 18.5 Å². The topological polar surface area (TPSA) is 3.24 Å². The van der Waals surface area contributed by atoms with Gasteiger partial charge in [0, 0.05) is 24.9 Å². The lowest BCUT2D eigenvalue weighted by Gasteiger charge is -2.24. The number of hydrogen-bond donors (Lipinski definition) is 0. The van der Waals surface area contributed by atoms with Gasteiger partial charge in [-0.15, -0.1) is 0 Å². The van der Waals surface area contributed by atoms with E-state index >= 15 is 0 Å². The van der Waals surface area contributed by atoms with Gasteiger partial charge in [-0.2, -0.15) is 0 Å². The predicted molar refractivity (Wildman–Crippen MR) is 72.3 cm³/mol. The van der Waals surface area contributed by atoms with E-state index < -0.39 is 0 Å². The molecule has 0 aliphatic carbocycles. The summed E-state index contributed by atoms with van der Waals surface area (Å²) in [6.45, 7) is 7.16. The molecule has 0 bridgehead atoms. The molecule has 0 saturated carbocycles. The number of benzene rings is 1. The highest BCUT2D eigenvalue weighted by molar-refractivity contribution is 5.69. The lowest BCUT2D eigenvalue weighted by atomic mass is 10.0. The highest BCUT2D eigenvalue weighted by Gasteiger charge is 2.09. The van der Waals surface area contributed by atoms with Gasteiger partial charge in [0.25, 0.3) is 0 Å². The molecule has 0 fully saturated rings. The van der Waals surface area contributed by atoms with Gasteiger partial charge in [0.15, 0.2) is 0 Å². The van der Waals surface area contributed by atoms with Crippen LogP contribution in [0.4, 0.5) is 0 Å². The molecule has 0 radical (unpaired) electrons. The minimum atomic E-state index is 1.00. The highest BCUT2D eigenvalue weighted by atomic mass is 15.1. The van der Waals surface area contributed by atoms with Gasteiger partial charge in [-0.25, -0.2) is 0 Å². The number of rotatable bonds is 1. The second-order valence-corrected chi connectivity index (χ2v) is 3.68. The molecule has 86 valence electrons. The van der Waals surface area contributed by atoms with Crippen LogP contribution in [0.1, 0.15) is 25.0 Å². The maximum Gasteiger partial charge on any atom is 0.0442 e. The summed E-state index contributed by atoms with van der Waals surface area (Å²) in [4.78, 5) is 2.27. The fourth-order valence-electron chi connectivity index (χ4n) is 1.76. The van der Waals surface area contributed by atoms with Gasteiger partial charge >= 0.3 is 0 Å². The maximum absolute atomic E-state index is 2.27. The Kier molecular flexibility index (Phi) is 4.84. The normalized spacial score (nSPS) is 14.0. The van der Waals surface area contributed by atoms with Gasteiger partial charge in [-0.05, 0) is 18.6 Å².